The van der Waals surface area contributed by atoms with Gasteiger partial charge in [0.15, 0.2) is 0 Å². The number of carbonyl (C=O) groups is 2. The molecule has 0 aliphatic carbocycles. The highest BCUT2D eigenvalue weighted by Gasteiger charge is 2.28. The number of likely N-dealkylation sites (tertiary alicyclic amines) is 1. The van der Waals surface area contributed by atoms with Crippen molar-refractivity contribution in [3.05, 3.63) is 0 Å². The Balaban J connectivity index is 2.34. The van der Waals surface area contributed by atoms with Gasteiger partial charge in [0, 0.05) is 25.4 Å². The molecule has 0 aromatic carbocycles. The fourth-order valence-electron chi connectivity index (χ4n) is 2.46. The van der Waals surface area contributed by atoms with Crippen LogP contribution in [0.4, 0.5) is 0 Å². The van der Waals surface area contributed by atoms with Gasteiger partial charge < -0.3 is 10.0 Å². The van der Waals surface area contributed by atoms with E-state index in [-0.39, 0.29) is 18.2 Å². The summed E-state index contributed by atoms with van der Waals surface area (Å²) in [6.45, 7) is 5.62. The molecule has 0 saturated carbocycles. The molecule has 1 saturated heterocycles. The van der Waals surface area contributed by atoms with Gasteiger partial charge in [-0.05, 0) is 25.2 Å². The predicted octanol–water partition coefficient (Wildman–Crippen LogP) is 2.14. The summed E-state index contributed by atoms with van der Waals surface area (Å²) in [7, 11) is 0. The van der Waals surface area contributed by atoms with Crippen LogP contribution in [0.5, 0.6) is 0 Å². The van der Waals surface area contributed by atoms with Crippen LogP contribution in [-0.4, -0.2) is 35.0 Å². The van der Waals surface area contributed by atoms with Gasteiger partial charge in [0.05, 0.1) is 0 Å². The topological polar surface area (TPSA) is 57.6 Å². The molecule has 2 atom stereocenters. The molecule has 4 nitrogen and oxygen atoms in total. The molecule has 1 amide bonds. The minimum atomic E-state index is -0.742. The largest absolute Gasteiger partial charge is 0.481 e. The molecule has 0 aromatic rings. The van der Waals surface area contributed by atoms with Gasteiger partial charge in [-0.15, -0.1) is 0 Å². The first kappa shape index (κ1) is 14.0. The average molecular weight is 241 g/mol. The highest BCUT2D eigenvalue weighted by molar-refractivity contribution is 5.78. The molecule has 1 N–H and O–H groups in total. The van der Waals surface area contributed by atoms with Crippen LogP contribution in [0, 0.1) is 11.8 Å². The van der Waals surface area contributed by atoms with Crippen LogP contribution < -0.4 is 0 Å². The normalized spacial score (nSPS) is 21.5. The summed E-state index contributed by atoms with van der Waals surface area (Å²) in [5.41, 5.74) is 0. The van der Waals surface area contributed by atoms with Crippen molar-refractivity contribution in [3.8, 4) is 0 Å². The van der Waals surface area contributed by atoms with Crippen molar-refractivity contribution >= 4 is 11.9 Å². The number of rotatable bonds is 6. The fourth-order valence-corrected chi connectivity index (χ4v) is 2.46. The Kier molecular flexibility index (Phi) is 5.45. The van der Waals surface area contributed by atoms with Gasteiger partial charge in [0.2, 0.25) is 5.91 Å². The Hall–Kier alpha value is -1.06. The van der Waals surface area contributed by atoms with Crippen LogP contribution in [0.1, 0.15) is 46.0 Å². The van der Waals surface area contributed by atoms with Gasteiger partial charge >= 0.3 is 5.97 Å². The SMILES string of the molecule is CCCC(C)C(=O)N1CCC(CCC(=O)O)C1. The standard InChI is InChI=1S/C13H23NO3/c1-3-4-10(2)13(17)14-8-7-11(9-14)5-6-12(15)16/h10-11H,3-9H2,1-2H3,(H,15,16). The van der Waals surface area contributed by atoms with Crippen molar-refractivity contribution in [2.75, 3.05) is 13.1 Å². The molecular weight excluding hydrogens is 218 g/mol. The number of hydrogen-bond donors (Lipinski definition) is 1. The first-order valence-corrected chi connectivity index (χ1v) is 6.55. The summed E-state index contributed by atoms with van der Waals surface area (Å²) < 4.78 is 0. The van der Waals surface area contributed by atoms with Gasteiger partial charge in [0.1, 0.15) is 0 Å². The summed E-state index contributed by atoms with van der Waals surface area (Å²) in [6.07, 6.45) is 3.84. The Labute approximate surface area is 103 Å². The molecule has 1 fully saturated rings. The number of carboxylic acids is 1. The van der Waals surface area contributed by atoms with E-state index in [1.165, 1.54) is 0 Å². The molecule has 4 heteroatoms. The smallest absolute Gasteiger partial charge is 0.303 e. The molecule has 0 radical (unpaired) electrons. The van der Waals surface area contributed by atoms with Crippen molar-refractivity contribution in [2.24, 2.45) is 11.8 Å². The van der Waals surface area contributed by atoms with Crippen LogP contribution in [0.15, 0.2) is 0 Å². The van der Waals surface area contributed by atoms with E-state index in [0.717, 1.165) is 32.4 Å². The number of carboxylic acid groups (broad SMARTS) is 1. The second-order valence-corrected chi connectivity index (χ2v) is 5.06. The lowest BCUT2D eigenvalue weighted by Gasteiger charge is -2.20. The minimum Gasteiger partial charge on any atom is -0.481 e. The van der Waals surface area contributed by atoms with Gasteiger partial charge in [-0.3, -0.25) is 9.59 Å². The van der Waals surface area contributed by atoms with Crippen molar-refractivity contribution in [2.45, 2.75) is 46.0 Å². The van der Waals surface area contributed by atoms with Gasteiger partial charge in [-0.2, -0.15) is 0 Å². The Morgan fingerprint density at radius 3 is 2.76 bits per heavy atom. The molecule has 17 heavy (non-hydrogen) atoms. The molecule has 2 unspecified atom stereocenters. The molecule has 0 spiro atoms. The maximum absolute atomic E-state index is 12.0. The number of nitrogens with zero attached hydrogens (tertiary/aromatic N) is 1. The molecule has 1 aliphatic rings. The highest BCUT2D eigenvalue weighted by atomic mass is 16.4. The summed E-state index contributed by atoms with van der Waals surface area (Å²) in [5.74, 6) is -0.0131. The number of carbonyl (C=O) groups excluding carboxylic acids is 1. The quantitative estimate of drug-likeness (QED) is 0.775. The highest BCUT2D eigenvalue weighted by Crippen LogP contribution is 2.23. The molecule has 98 valence electrons. The monoisotopic (exact) mass is 241 g/mol. The van der Waals surface area contributed by atoms with Gasteiger partial charge in [-0.25, -0.2) is 0 Å². The summed E-state index contributed by atoms with van der Waals surface area (Å²) in [5, 5.41) is 8.63. The maximum Gasteiger partial charge on any atom is 0.303 e. The molecule has 0 aromatic heterocycles. The van der Waals surface area contributed by atoms with E-state index in [2.05, 4.69) is 6.92 Å². The third kappa shape index (κ3) is 4.36. The second-order valence-electron chi connectivity index (χ2n) is 5.06. The molecule has 1 aliphatic heterocycles. The maximum atomic E-state index is 12.0. The zero-order valence-electron chi connectivity index (χ0n) is 10.8. The van der Waals surface area contributed by atoms with Crippen LogP contribution in [0.3, 0.4) is 0 Å². The van der Waals surface area contributed by atoms with Crippen molar-refractivity contribution in [1.82, 2.24) is 4.90 Å². The van der Waals surface area contributed by atoms with Crippen LogP contribution in [0.2, 0.25) is 0 Å². The average Bonchev–Trinajstić information content (AvgIpc) is 2.74. The zero-order valence-corrected chi connectivity index (χ0v) is 10.8. The van der Waals surface area contributed by atoms with Crippen LogP contribution in [-0.2, 0) is 9.59 Å². The van der Waals surface area contributed by atoms with Crippen molar-refractivity contribution in [3.63, 3.8) is 0 Å². The van der Waals surface area contributed by atoms with E-state index in [1.54, 1.807) is 0 Å². The molecular formula is C13H23NO3. The minimum absolute atomic E-state index is 0.109. The molecule has 1 heterocycles. The Morgan fingerprint density at radius 2 is 2.18 bits per heavy atom. The second kappa shape index (κ2) is 6.62. The zero-order chi connectivity index (χ0) is 12.8. The molecule has 1 rings (SSSR count). The summed E-state index contributed by atoms with van der Waals surface area (Å²) >= 11 is 0. The first-order valence-electron chi connectivity index (χ1n) is 6.55. The molecule has 0 bridgehead atoms. The van der Waals surface area contributed by atoms with E-state index >= 15 is 0 Å². The summed E-state index contributed by atoms with van der Waals surface area (Å²) in [4.78, 5) is 24.4. The van der Waals surface area contributed by atoms with E-state index in [9.17, 15) is 9.59 Å². The first-order chi connectivity index (χ1) is 8.04. The van der Waals surface area contributed by atoms with Gasteiger partial charge in [0.25, 0.3) is 0 Å². The van der Waals surface area contributed by atoms with Crippen LogP contribution >= 0.6 is 0 Å². The number of hydrogen-bond acceptors (Lipinski definition) is 2. The number of amides is 1. The lowest BCUT2D eigenvalue weighted by Crippen LogP contribution is -2.33. The van der Waals surface area contributed by atoms with Gasteiger partial charge in [-0.1, -0.05) is 20.3 Å². The lowest BCUT2D eigenvalue weighted by atomic mass is 10.0. The number of aliphatic carboxylic acids is 1. The van der Waals surface area contributed by atoms with E-state index < -0.39 is 5.97 Å². The van der Waals surface area contributed by atoms with Crippen LogP contribution in [0.25, 0.3) is 0 Å². The summed E-state index contributed by atoms with van der Waals surface area (Å²) in [6, 6.07) is 0. The third-order valence-electron chi connectivity index (χ3n) is 3.51. The lowest BCUT2D eigenvalue weighted by molar-refractivity contribution is -0.137. The van der Waals surface area contributed by atoms with E-state index in [4.69, 9.17) is 5.11 Å². The fraction of sp³-hybridized carbons (Fsp3) is 0.846. The van der Waals surface area contributed by atoms with Crippen molar-refractivity contribution in [1.29, 1.82) is 0 Å². The Bertz CT molecular complexity index is 278. The van der Waals surface area contributed by atoms with Crippen molar-refractivity contribution < 1.29 is 14.7 Å². The third-order valence-corrected chi connectivity index (χ3v) is 3.51. The Morgan fingerprint density at radius 1 is 1.47 bits per heavy atom. The van der Waals surface area contributed by atoms with E-state index in [0.29, 0.717) is 12.3 Å². The predicted molar refractivity (Wildman–Crippen MR) is 65.6 cm³/mol. The van der Waals surface area contributed by atoms with E-state index in [1.807, 2.05) is 11.8 Å².